The molecule has 0 unspecified atom stereocenters. The van der Waals surface area contributed by atoms with Gasteiger partial charge >= 0.3 is 5.97 Å². The first kappa shape index (κ1) is 23.8. The van der Waals surface area contributed by atoms with Crippen LogP contribution in [-0.2, 0) is 22.4 Å². The lowest BCUT2D eigenvalue weighted by Crippen LogP contribution is -2.40. The van der Waals surface area contributed by atoms with E-state index in [2.05, 4.69) is 34.5 Å². The maximum absolute atomic E-state index is 13.0. The second-order valence-corrected chi connectivity index (χ2v) is 10.4. The van der Waals surface area contributed by atoms with Crippen LogP contribution in [0.2, 0.25) is 0 Å². The molecule has 7 heteroatoms. The molecular weight excluding hydrogens is 460 g/mol. The van der Waals surface area contributed by atoms with Gasteiger partial charge in [-0.15, -0.1) is 11.3 Å². The van der Waals surface area contributed by atoms with E-state index in [9.17, 15) is 9.59 Å². The van der Waals surface area contributed by atoms with E-state index in [-0.39, 0.29) is 23.8 Å². The molecule has 3 heterocycles. The van der Waals surface area contributed by atoms with Crippen LogP contribution in [-0.4, -0.2) is 36.5 Å². The number of ether oxygens (including phenoxy) is 1. The minimum absolute atomic E-state index is 0.0179. The molecule has 1 fully saturated rings. The zero-order chi connectivity index (χ0) is 24.2. The number of likely N-dealkylation sites (tertiary alicyclic amines) is 1. The largest absolute Gasteiger partial charge is 0.466 e. The number of nitrogens with one attached hydrogen (secondary N) is 1. The van der Waals surface area contributed by atoms with Crippen molar-refractivity contribution >= 4 is 28.2 Å². The van der Waals surface area contributed by atoms with E-state index in [0.717, 1.165) is 50.2 Å². The summed E-state index contributed by atoms with van der Waals surface area (Å²) in [5.74, 6) is -0.0311. The number of esters is 1. The lowest BCUT2D eigenvalue weighted by Gasteiger charge is -2.38. The molecule has 6 nitrogen and oxygen atoms in total. The van der Waals surface area contributed by atoms with Crippen molar-refractivity contribution in [1.82, 2.24) is 4.90 Å². The quantitative estimate of drug-likeness (QED) is 0.420. The Labute approximate surface area is 210 Å². The molecular formula is C28H32N2O4S. The fourth-order valence-electron chi connectivity index (χ4n) is 5.39. The van der Waals surface area contributed by atoms with Crippen LogP contribution in [0.4, 0.5) is 5.00 Å². The summed E-state index contributed by atoms with van der Waals surface area (Å²) < 4.78 is 10.7. The number of anilines is 1. The Morgan fingerprint density at radius 1 is 1.11 bits per heavy atom. The number of piperidine rings is 1. The second kappa shape index (κ2) is 10.8. The zero-order valence-corrected chi connectivity index (χ0v) is 20.9. The summed E-state index contributed by atoms with van der Waals surface area (Å²) in [6.07, 6.45) is 7.51. The molecule has 0 bridgehead atoms. The normalized spacial score (nSPS) is 17.5. The van der Waals surface area contributed by atoms with Crippen molar-refractivity contribution in [3.8, 4) is 0 Å². The first-order valence-corrected chi connectivity index (χ1v) is 13.4. The van der Waals surface area contributed by atoms with E-state index in [4.69, 9.17) is 9.15 Å². The lowest BCUT2D eigenvalue weighted by molar-refractivity contribution is -0.149. The highest BCUT2D eigenvalue weighted by atomic mass is 32.1. The van der Waals surface area contributed by atoms with Gasteiger partial charge in [0.25, 0.3) is 5.91 Å². The smallest absolute Gasteiger partial charge is 0.309 e. The van der Waals surface area contributed by atoms with Crippen LogP contribution in [0, 0.1) is 5.92 Å². The number of hydrogen-bond acceptors (Lipinski definition) is 6. The average Bonchev–Trinajstić information content (AvgIpc) is 3.55. The van der Waals surface area contributed by atoms with E-state index in [0.29, 0.717) is 12.4 Å². The second-order valence-electron chi connectivity index (χ2n) is 9.26. The predicted molar refractivity (Wildman–Crippen MR) is 137 cm³/mol. The number of carbonyl (C=O) groups is 2. The van der Waals surface area contributed by atoms with Crippen molar-refractivity contribution in [3.05, 3.63) is 76.1 Å². The van der Waals surface area contributed by atoms with Gasteiger partial charge in [0, 0.05) is 10.4 Å². The fraction of sp³-hybridized carbons (Fsp3) is 0.429. The number of furan rings is 1. The molecule has 0 spiro atoms. The maximum Gasteiger partial charge on any atom is 0.309 e. The standard InChI is InChI=1S/C28H32N2O4S/c1-2-33-28(32)20-14-16-30(17-15-20)25(19-9-4-3-5-10-19)24-21-11-6-7-13-23(21)35-27(24)29-26(31)22-12-8-18-34-22/h3-5,8-10,12,18,20,25H,2,6-7,11,13-17H2,1H3,(H,29,31)/t25-/m1/s1. The van der Waals surface area contributed by atoms with Crippen LogP contribution >= 0.6 is 11.3 Å². The number of benzene rings is 1. The number of carbonyl (C=O) groups excluding carboxylic acids is 2. The van der Waals surface area contributed by atoms with Crippen LogP contribution < -0.4 is 5.32 Å². The van der Waals surface area contributed by atoms with E-state index < -0.39 is 0 Å². The summed E-state index contributed by atoms with van der Waals surface area (Å²) in [6.45, 7) is 3.89. The Bertz CT molecular complexity index is 1150. The lowest BCUT2D eigenvalue weighted by atomic mass is 9.87. The monoisotopic (exact) mass is 492 g/mol. The highest BCUT2D eigenvalue weighted by Gasteiger charge is 2.35. The summed E-state index contributed by atoms with van der Waals surface area (Å²) in [5, 5.41) is 4.10. The number of amides is 1. The summed E-state index contributed by atoms with van der Waals surface area (Å²) in [6, 6.07) is 14.0. The van der Waals surface area contributed by atoms with Gasteiger partial charge in [0.1, 0.15) is 5.00 Å². The van der Waals surface area contributed by atoms with Crippen LogP contribution in [0.5, 0.6) is 0 Å². The van der Waals surface area contributed by atoms with Crippen molar-refractivity contribution in [3.63, 3.8) is 0 Å². The van der Waals surface area contributed by atoms with Gasteiger partial charge in [0.2, 0.25) is 0 Å². The highest BCUT2D eigenvalue weighted by molar-refractivity contribution is 7.16. The van der Waals surface area contributed by atoms with Crippen LogP contribution in [0.15, 0.2) is 53.1 Å². The highest BCUT2D eigenvalue weighted by Crippen LogP contribution is 2.46. The van der Waals surface area contributed by atoms with E-state index >= 15 is 0 Å². The van der Waals surface area contributed by atoms with E-state index in [1.54, 1.807) is 23.5 Å². The zero-order valence-electron chi connectivity index (χ0n) is 20.1. The van der Waals surface area contributed by atoms with Gasteiger partial charge in [-0.2, -0.15) is 0 Å². The molecule has 3 aromatic rings. The van der Waals surface area contributed by atoms with Gasteiger partial charge < -0.3 is 14.5 Å². The molecule has 1 aliphatic heterocycles. The molecule has 1 atom stereocenters. The van der Waals surface area contributed by atoms with Gasteiger partial charge in [0.05, 0.1) is 24.8 Å². The first-order valence-electron chi connectivity index (χ1n) is 12.6. The Hall–Kier alpha value is -2.90. The van der Waals surface area contributed by atoms with Crippen molar-refractivity contribution < 1.29 is 18.7 Å². The van der Waals surface area contributed by atoms with Gasteiger partial charge in [-0.3, -0.25) is 14.5 Å². The molecule has 35 heavy (non-hydrogen) atoms. The number of aryl methyl sites for hydroxylation is 1. The molecule has 1 amide bonds. The molecule has 0 radical (unpaired) electrons. The van der Waals surface area contributed by atoms with Gasteiger partial charge in [0.15, 0.2) is 5.76 Å². The molecule has 1 saturated heterocycles. The minimum Gasteiger partial charge on any atom is -0.466 e. The summed E-state index contributed by atoms with van der Waals surface area (Å²) in [7, 11) is 0. The van der Waals surface area contributed by atoms with Crippen molar-refractivity contribution in [1.29, 1.82) is 0 Å². The molecule has 5 rings (SSSR count). The minimum atomic E-state index is -0.220. The van der Waals surface area contributed by atoms with E-state index in [1.165, 1.54) is 34.3 Å². The fourth-order valence-corrected chi connectivity index (χ4v) is 6.71. The number of fused-ring (bicyclic) bond motifs is 1. The predicted octanol–water partition coefficient (Wildman–Crippen LogP) is 5.84. The Kier molecular flexibility index (Phi) is 7.35. The van der Waals surface area contributed by atoms with Crippen LogP contribution in [0.25, 0.3) is 0 Å². The number of hydrogen-bond donors (Lipinski definition) is 1. The molecule has 2 aromatic heterocycles. The number of nitrogens with zero attached hydrogens (tertiary/aromatic N) is 1. The van der Waals surface area contributed by atoms with Gasteiger partial charge in [-0.05, 0) is 81.8 Å². The Morgan fingerprint density at radius 3 is 2.60 bits per heavy atom. The molecule has 1 N–H and O–H groups in total. The topological polar surface area (TPSA) is 71.8 Å². The van der Waals surface area contributed by atoms with Crippen molar-refractivity contribution in [2.45, 2.75) is 51.5 Å². The van der Waals surface area contributed by atoms with Crippen LogP contribution in [0.3, 0.4) is 0 Å². The third kappa shape index (κ3) is 5.07. The molecule has 1 aromatic carbocycles. The van der Waals surface area contributed by atoms with Crippen LogP contribution in [0.1, 0.15) is 70.8 Å². The third-order valence-corrected chi connectivity index (χ3v) is 8.31. The average molecular weight is 493 g/mol. The molecule has 2 aliphatic rings. The number of rotatable bonds is 7. The molecule has 184 valence electrons. The number of thiophene rings is 1. The molecule has 0 saturated carbocycles. The Balaban J connectivity index is 1.51. The van der Waals surface area contributed by atoms with E-state index in [1.807, 2.05) is 13.0 Å². The Morgan fingerprint density at radius 2 is 1.89 bits per heavy atom. The van der Waals surface area contributed by atoms with Crippen molar-refractivity contribution in [2.24, 2.45) is 5.92 Å². The molecule has 1 aliphatic carbocycles. The summed E-state index contributed by atoms with van der Waals surface area (Å²) in [5.41, 5.74) is 3.81. The third-order valence-electron chi connectivity index (χ3n) is 7.09. The van der Waals surface area contributed by atoms with Crippen molar-refractivity contribution in [2.75, 3.05) is 25.0 Å². The summed E-state index contributed by atoms with van der Waals surface area (Å²) in [4.78, 5) is 29.2. The first-order chi connectivity index (χ1) is 17.2. The maximum atomic E-state index is 13.0. The summed E-state index contributed by atoms with van der Waals surface area (Å²) >= 11 is 1.71. The van der Waals surface area contributed by atoms with Gasteiger partial charge in [-0.1, -0.05) is 30.3 Å². The van der Waals surface area contributed by atoms with Gasteiger partial charge in [-0.25, -0.2) is 0 Å². The SMILES string of the molecule is CCOC(=O)C1CCN([C@H](c2ccccc2)c2c(NC(=O)c3ccco3)sc3c2CCCC3)CC1.